The van der Waals surface area contributed by atoms with Crippen molar-refractivity contribution in [3.8, 4) is 11.6 Å². The first-order valence-electron chi connectivity index (χ1n) is 4.55. The van der Waals surface area contributed by atoms with Crippen LogP contribution in [0.4, 0.5) is 13.2 Å². The molecule has 100 valence electrons. The Balaban J connectivity index is 3.26. The predicted molar refractivity (Wildman–Crippen MR) is 51.8 cm³/mol. The third kappa shape index (κ3) is 3.23. The number of aromatic nitrogens is 1. The van der Waals surface area contributed by atoms with Gasteiger partial charge in [0.1, 0.15) is 0 Å². The molecule has 1 heterocycles. The summed E-state index contributed by atoms with van der Waals surface area (Å²) >= 11 is 0. The molecule has 9 heteroatoms. The van der Waals surface area contributed by atoms with Crippen molar-refractivity contribution in [3.63, 3.8) is 0 Å². The topological polar surface area (TPSA) is 94.7 Å². The molecule has 0 bridgehead atoms. The Kier molecular flexibility index (Phi) is 3.96. The summed E-state index contributed by atoms with van der Waals surface area (Å²) in [7, 11) is 0.989. The number of hydrogen-bond acceptors (Lipinski definition) is 6. The summed E-state index contributed by atoms with van der Waals surface area (Å²) in [6.07, 6.45) is -4.97. The van der Waals surface area contributed by atoms with Gasteiger partial charge in [-0.3, -0.25) is 0 Å². The fourth-order valence-electron chi connectivity index (χ4n) is 1.13. The Labute approximate surface area is 99.1 Å². The SMILES string of the molecule is COC(=O)c1nc(OC(F)(F)F)cc(CN)c1O. The van der Waals surface area contributed by atoms with E-state index in [-0.39, 0.29) is 12.1 Å². The van der Waals surface area contributed by atoms with Gasteiger partial charge in [-0.1, -0.05) is 0 Å². The number of methoxy groups -OCH3 is 1. The average Bonchev–Trinajstić information content (AvgIpc) is 2.28. The summed E-state index contributed by atoms with van der Waals surface area (Å²) in [5, 5.41) is 9.53. The van der Waals surface area contributed by atoms with Crippen molar-refractivity contribution >= 4 is 5.97 Å². The summed E-state index contributed by atoms with van der Waals surface area (Å²) in [5.74, 6) is -2.64. The van der Waals surface area contributed by atoms with E-state index in [4.69, 9.17) is 5.73 Å². The van der Waals surface area contributed by atoms with E-state index in [1.807, 2.05) is 0 Å². The lowest BCUT2D eigenvalue weighted by Gasteiger charge is -2.12. The highest BCUT2D eigenvalue weighted by molar-refractivity contribution is 5.90. The van der Waals surface area contributed by atoms with Crippen LogP contribution in [0.1, 0.15) is 16.1 Å². The molecule has 0 amide bonds. The van der Waals surface area contributed by atoms with Gasteiger partial charge < -0.3 is 20.3 Å². The molecule has 1 aromatic heterocycles. The van der Waals surface area contributed by atoms with Crippen molar-refractivity contribution in [2.75, 3.05) is 7.11 Å². The van der Waals surface area contributed by atoms with E-state index in [1.54, 1.807) is 0 Å². The largest absolute Gasteiger partial charge is 0.574 e. The van der Waals surface area contributed by atoms with Gasteiger partial charge in [0.25, 0.3) is 0 Å². The Morgan fingerprint density at radius 1 is 1.56 bits per heavy atom. The average molecular weight is 266 g/mol. The number of hydrogen-bond donors (Lipinski definition) is 2. The minimum Gasteiger partial charge on any atom is -0.505 e. The summed E-state index contributed by atoms with van der Waals surface area (Å²) in [4.78, 5) is 14.4. The van der Waals surface area contributed by atoms with Gasteiger partial charge in [-0.25, -0.2) is 9.78 Å². The van der Waals surface area contributed by atoms with Crippen LogP contribution in [0, 0.1) is 0 Å². The second-order valence-corrected chi connectivity index (χ2v) is 3.06. The molecule has 0 saturated heterocycles. The number of rotatable bonds is 3. The molecule has 1 aromatic rings. The van der Waals surface area contributed by atoms with E-state index in [1.165, 1.54) is 0 Å². The second-order valence-electron chi connectivity index (χ2n) is 3.06. The van der Waals surface area contributed by atoms with Crippen molar-refractivity contribution in [2.24, 2.45) is 5.73 Å². The van der Waals surface area contributed by atoms with Gasteiger partial charge in [0.05, 0.1) is 7.11 Å². The van der Waals surface area contributed by atoms with Crippen molar-refractivity contribution in [2.45, 2.75) is 12.9 Å². The fraction of sp³-hybridized carbons (Fsp3) is 0.333. The van der Waals surface area contributed by atoms with Crippen LogP contribution in [0.15, 0.2) is 6.07 Å². The minimum absolute atomic E-state index is 0.121. The lowest BCUT2D eigenvalue weighted by molar-refractivity contribution is -0.276. The van der Waals surface area contributed by atoms with Gasteiger partial charge in [-0.15, -0.1) is 13.2 Å². The highest BCUT2D eigenvalue weighted by atomic mass is 19.4. The number of carbonyl (C=O) groups is 1. The molecule has 0 unspecified atom stereocenters. The number of aromatic hydroxyl groups is 1. The van der Waals surface area contributed by atoms with E-state index in [0.29, 0.717) is 0 Å². The molecule has 0 aliphatic carbocycles. The molecule has 0 aliphatic heterocycles. The van der Waals surface area contributed by atoms with Crippen LogP contribution < -0.4 is 10.5 Å². The van der Waals surface area contributed by atoms with Gasteiger partial charge in [-0.05, 0) is 0 Å². The van der Waals surface area contributed by atoms with E-state index < -0.39 is 29.7 Å². The lowest BCUT2D eigenvalue weighted by Crippen LogP contribution is -2.19. The predicted octanol–water partition coefficient (Wildman–Crippen LogP) is 0.931. The molecular formula is C9H9F3N2O4. The molecule has 0 aliphatic rings. The normalized spacial score (nSPS) is 11.2. The molecule has 0 atom stereocenters. The van der Waals surface area contributed by atoms with Crippen LogP contribution in [-0.4, -0.2) is 29.5 Å². The summed E-state index contributed by atoms with van der Waals surface area (Å²) < 4.78 is 43.9. The highest BCUT2D eigenvalue weighted by Gasteiger charge is 2.33. The van der Waals surface area contributed by atoms with Crippen LogP contribution in [0.3, 0.4) is 0 Å². The second kappa shape index (κ2) is 5.08. The molecule has 0 fully saturated rings. The minimum atomic E-state index is -4.97. The zero-order valence-corrected chi connectivity index (χ0v) is 9.11. The Morgan fingerprint density at radius 2 is 2.17 bits per heavy atom. The van der Waals surface area contributed by atoms with Crippen molar-refractivity contribution in [1.82, 2.24) is 4.98 Å². The maximum absolute atomic E-state index is 12.0. The zero-order chi connectivity index (χ0) is 13.9. The van der Waals surface area contributed by atoms with Crippen molar-refractivity contribution in [1.29, 1.82) is 0 Å². The number of pyridine rings is 1. The first-order valence-corrected chi connectivity index (χ1v) is 4.55. The lowest BCUT2D eigenvalue weighted by atomic mass is 10.2. The monoisotopic (exact) mass is 266 g/mol. The van der Waals surface area contributed by atoms with E-state index >= 15 is 0 Å². The summed E-state index contributed by atoms with van der Waals surface area (Å²) in [6, 6.07) is 0.787. The number of alkyl halides is 3. The maximum Gasteiger partial charge on any atom is 0.574 e. The third-order valence-corrected chi connectivity index (χ3v) is 1.87. The third-order valence-electron chi connectivity index (χ3n) is 1.87. The van der Waals surface area contributed by atoms with Crippen LogP contribution in [-0.2, 0) is 11.3 Å². The van der Waals surface area contributed by atoms with Gasteiger partial charge in [-0.2, -0.15) is 0 Å². The van der Waals surface area contributed by atoms with Crippen molar-refractivity contribution in [3.05, 3.63) is 17.3 Å². The van der Waals surface area contributed by atoms with Gasteiger partial charge in [0.15, 0.2) is 11.4 Å². The molecule has 1 rings (SSSR count). The molecule has 0 spiro atoms. The molecule has 0 radical (unpaired) electrons. The Bertz CT molecular complexity index is 462. The number of nitrogens with zero attached hydrogens (tertiary/aromatic N) is 1. The van der Waals surface area contributed by atoms with Crippen LogP contribution in [0.2, 0.25) is 0 Å². The van der Waals surface area contributed by atoms with E-state index in [9.17, 15) is 23.1 Å². The Hall–Kier alpha value is -2.03. The number of halogens is 3. The number of ether oxygens (including phenoxy) is 2. The van der Waals surface area contributed by atoms with Gasteiger partial charge >= 0.3 is 12.3 Å². The first-order chi connectivity index (χ1) is 8.28. The maximum atomic E-state index is 12.0. The molecule has 3 N–H and O–H groups in total. The van der Waals surface area contributed by atoms with Gasteiger partial charge in [0, 0.05) is 18.2 Å². The number of esters is 1. The smallest absolute Gasteiger partial charge is 0.505 e. The standard InChI is InChI=1S/C9H9F3N2O4/c1-17-8(16)6-7(15)4(3-13)2-5(14-6)18-9(10,11)12/h2,15H,3,13H2,1H3. The highest BCUT2D eigenvalue weighted by Crippen LogP contribution is 2.28. The van der Waals surface area contributed by atoms with Gasteiger partial charge in [0.2, 0.25) is 5.88 Å². The van der Waals surface area contributed by atoms with E-state index in [0.717, 1.165) is 13.2 Å². The first kappa shape index (κ1) is 14.0. The summed E-state index contributed by atoms with van der Waals surface area (Å²) in [6.45, 7) is -0.299. The van der Waals surface area contributed by atoms with Crippen LogP contribution in [0.25, 0.3) is 0 Å². The number of carbonyl (C=O) groups excluding carboxylic acids is 1. The molecule has 0 saturated carbocycles. The van der Waals surface area contributed by atoms with Crippen LogP contribution >= 0.6 is 0 Å². The molecular weight excluding hydrogens is 257 g/mol. The molecule has 0 aromatic carbocycles. The Morgan fingerprint density at radius 3 is 2.61 bits per heavy atom. The fourth-order valence-corrected chi connectivity index (χ4v) is 1.13. The molecule has 18 heavy (non-hydrogen) atoms. The number of nitrogens with two attached hydrogens (primary N) is 1. The van der Waals surface area contributed by atoms with Crippen molar-refractivity contribution < 1.29 is 32.5 Å². The quantitative estimate of drug-likeness (QED) is 0.790. The molecule has 6 nitrogen and oxygen atoms in total. The van der Waals surface area contributed by atoms with E-state index in [2.05, 4.69) is 14.5 Å². The van der Waals surface area contributed by atoms with Crippen LogP contribution in [0.5, 0.6) is 11.6 Å². The summed E-state index contributed by atoms with van der Waals surface area (Å²) in [5.41, 5.74) is 4.40. The zero-order valence-electron chi connectivity index (χ0n) is 9.11.